The molecule has 0 bridgehead atoms. The van der Waals surface area contributed by atoms with E-state index in [1.54, 1.807) is 6.92 Å². The lowest BCUT2D eigenvalue weighted by molar-refractivity contribution is -0.383. The Morgan fingerprint density at radius 3 is 2.68 bits per heavy atom. The SMILES string of the molecule is CCN(CCO)c1ncnc(NNC(=O)c2ccncc2)c1[N+](=O)[O-]. The molecule has 0 saturated heterocycles. The van der Waals surface area contributed by atoms with Crippen molar-refractivity contribution in [2.45, 2.75) is 6.92 Å². The first-order valence-corrected chi connectivity index (χ1v) is 7.40. The number of nitrogens with zero attached hydrogens (tertiary/aromatic N) is 5. The third-order valence-electron chi connectivity index (χ3n) is 3.27. The number of aromatic nitrogens is 3. The van der Waals surface area contributed by atoms with Gasteiger partial charge in [0, 0.05) is 31.0 Å². The molecule has 2 rings (SSSR count). The third kappa shape index (κ3) is 4.35. The molecule has 1 amide bonds. The summed E-state index contributed by atoms with van der Waals surface area (Å²) in [4.78, 5) is 35.9. The van der Waals surface area contributed by atoms with Gasteiger partial charge in [-0.3, -0.25) is 30.7 Å². The predicted molar refractivity (Wildman–Crippen MR) is 89.0 cm³/mol. The van der Waals surface area contributed by atoms with Crippen LogP contribution in [0.1, 0.15) is 17.3 Å². The van der Waals surface area contributed by atoms with Crippen LogP contribution in [0.15, 0.2) is 30.9 Å². The maximum Gasteiger partial charge on any atom is 0.355 e. The predicted octanol–water partition coefficient (Wildman–Crippen LogP) is 0.355. The number of aliphatic hydroxyl groups excluding tert-OH is 1. The fourth-order valence-corrected chi connectivity index (χ4v) is 2.09. The van der Waals surface area contributed by atoms with E-state index in [2.05, 4.69) is 25.8 Å². The lowest BCUT2D eigenvalue weighted by Crippen LogP contribution is -2.32. The van der Waals surface area contributed by atoms with Crippen LogP contribution in [0.3, 0.4) is 0 Å². The Balaban J connectivity index is 2.25. The van der Waals surface area contributed by atoms with Crippen molar-refractivity contribution in [3.63, 3.8) is 0 Å². The smallest absolute Gasteiger partial charge is 0.355 e. The van der Waals surface area contributed by atoms with Crippen molar-refractivity contribution in [2.75, 3.05) is 30.0 Å². The third-order valence-corrected chi connectivity index (χ3v) is 3.27. The highest BCUT2D eigenvalue weighted by Crippen LogP contribution is 2.31. The molecule has 0 aliphatic rings. The van der Waals surface area contributed by atoms with Gasteiger partial charge in [0.1, 0.15) is 6.33 Å². The molecule has 132 valence electrons. The van der Waals surface area contributed by atoms with E-state index in [9.17, 15) is 14.9 Å². The minimum Gasteiger partial charge on any atom is -0.395 e. The highest BCUT2D eigenvalue weighted by Gasteiger charge is 2.26. The maximum absolute atomic E-state index is 12.0. The van der Waals surface area contributed by atoms with Crippen LogP contribution in [0.25, 0.3) is 0 Å². The summed E-state index contributed by atoms with van der Waals surface area (Å²) in [6.45, 7) is 2.18. The van der Waals surface area contributed by atoms with E-state index in [4.69, 9.17) is 5.11 Å². The van der Waals surface area contributed by atoms with Crippen molar-refractivity contribution >= 4 is 23.2 Å². The number of rotatable bonds is 8. The zero-order chi connectivity index (χ0) is 18.2. The Morgan fingerprint density at radius 2 is 2.08 bits per heavy atom. The second kappa shape index (κ2) is 8.49. The van der Waals surface area contributed by atoms with Gasteiger partial charge >= 0.3 is 5.69 Å². The summed E-state index contributed by atoms with van der Waals surface area (Å²) < 4.78 is 0. The van der Waals surface area contributed by atoms with Crippen LogP contribution in [0.4, 0.5) is 17.3 Å². The quantitative estimate of drug-likeness (QED) is 0.454. The second-order valence-corrected chi connectivity index (χ2v) is 4.77. The average molecular weight is 347 g/mol. The average Bonchev–Trinajstić information content (AvgIpc) is 2.64. The Bertz CT molecular complexity index is 741. The van der Waals surface area contributed by atoms with E-state index in [-0.39, 0.29) is 24.8 Å². The summed E-state index contributed by atoms with van der Waals surface area (Å²) in [5, 5.41) is 20.6. The van der Waals surface area contributed by atoms with Crippen molar-refractivity contribution < 1.29 is 14.8 Å². The number of hydrazine groups is 1. The summed E-state index contributed by atoms with van der Waals surface area (Å²) in [7, 11) is 0. The van der Waals surface area contributed by atoms with Crippen molar-refractivity contribution in [3.8, 4) is 0 Å². The second-order valence-electron chi connectivity index (χ2n) is 4.77. The number of amides is 1. The number of carbonyl (C=O) groups is 1. The lowest BCUT2D eigenvalue weighted by atomic mass is 10.3. The molecule has 2 aromatic rings. The number of pyridine rings is 1. The van der Waals surface area contributed by atoms with Gasteiger partial charge in [-0.15, -0.1) is 0 Å². The number of carbonyl (C=O) groups excluding carboxylic acids is 1. The number of nitrogens with one attached hydrogen (secondary N) is 2. The molecule has 0 aromatic carbocycles. The van der Waals surface area contributed by atoms with E-state index in [1.807, 2.05) is 0 Å². The standard InChI is InChI=1S/C14H17N7O4/c1-2-20(7-8-22)13-11(21(24)25)12(16-9-17-13)18-19-14(23)10-3-5-15-6-4-10/h3-6,9,22H,2,7-8H2,1H3,(H,19,23)(H,16,17,18). The monoisotopic (exact) mass is 347 g/mol. The molecule has 0 atom stereocenters. The molecule has 0 fully saturated rings. The topological polar surface area (TPSA) is 146 Å². The van der Waals surface area contributed by atoms with Crippen molar-refractivity contribution in [2.24, 2.45) is 0 Å². The molecule has 25 heavy (non-hydrogen) atoms. The molecule has 0 aliphatic carbocycles. The van der Waals surface area contributed by atoms with Crippen molar-refractivity contribution in [1.29, 1.82) is 0 Å². The minimum absolute atomic E-state index is 0.0530. The molecule has 0 radical (unpaired) electrons. The van der Waals surface area contributed by atoms with Gasteiger partial charge in [-0.25, -0.2) is 9.97 Å². The Labute approximate surface area is 142 Å². The van der Waals surface area contributed by atoms with Crippen LogP contribution >= 0.6 is 0 Å². The van der Waals surface area contributed by atoms with Crippen LogP contribution in [0.2, 0.25) is 0 Å². The first-order valence-electron chi connectivity index (χ1n) is 7.40. The Kier molecular flexibility index (Phi) is 6.12. The van der Waals surface area contributed by atoms with Gasteiger partial charge in [0.25, 0.3) is 5.91 Å². The van der Waals surface area contributed by atoms with Gasteiger partial charge < -0.3 is 10.0 Å². The van der Waals surface area contributed by atoms with Gasteiger partial charge in [0.05, 0.1) is 11.5 Å². The van der Waals surface area contributed by atoms with Gasteiger partial charge in [-0.2, -0.15) is 0 Å². The molecule has 2 heterocycles. The number of hydrogen-bond acceptors (Lipinski definition) is 9. The summed E-state index contributed by atoms with van der Waals surface area (Å²) in [5.74, 6) is -0.606. The van der Waals surface area contributed by atoms with Crippen LogP contribution in [0, 0.1) is 10.1 Å². The Hall–Kier alpha value is -3.34. The van der Waals surface area contributed by atoms with Crippen LogP contribution in [-0.2, 0) is 0 Å². The number of nitro groups is 1. The number of aliphatic hydroxyl groups is 1. The van der Waals surface area contributed by atoms with E-state index in [0.29, 0.717) is 12.1 Å². The van der Waals surface area contributed by atoms with E-state index < -0.39 is 16.5 Å². The Morgan fingerprint density at radius 1 is 1.36 bits per heavy atom. The number of anilines is 2. The normalized spacial score (nSPS) is 10.2. The first kappa shape index (κ1) is 18.0. The fourth-order valence-electron chi connectivity index (χ4n) is 2.09. The van der Waals surface area contributed by atoms with Gasteiger partial charge in [-0.05, 0) is 19.1 Å². The van der Waals surface area contributed by atoms with Gasteiger partial charge in [-0.1, -0.05) is 0 Å². The summed E-state index contributed by atoms with van der Waals surface area (Å²) in [6, 6.07) is 2.99. The molecule has 3 N–H and O–H groups in total. The number of hydrogen-bond donors (Lipinski definition) is 3. The van der Waals surface area contributed by atoms with E-state index >= 15 is 0 Å². The molecule has 0 saturated carbocycles. The molecule has 0 spiro atoms. The minimum atomic E-state index is -0.643. The maximum atomic E-state index is 12.0. The molecule has 2 aromatic heterocycles. The molecule has 11 heteroatoms. The van der Waals surface area contributed by atoms with Crippen molar-refractivity contribution in [3.05, 3.63) is 46.5 Å². The summed E-state index contributed by atoms with van der Waals surface area (Å²) in [6.07, 6.45) is 4.05. The van der Waals surface area contributed by atoms with Crippen LogP contribution in [0.5, 0.6) is 0 Å². The molecule has 0 aliphatic heterocycles. The van der Waals surface area contributed by atoms with Crippen LogP contribution in [-0.4, -0.2) is 50.6 Å². The van der Waals surface area contributed by atoms with Crippen molar-refractivity contribution in [1.82, 2.24) is 20.4 Å². The van der Waals surface area contributed by atoms with E-state index in [0.717, 1.165) is 6.33 Å². The molecular formula is C14H17N7O4. The highest BCUT2D eigenvalue weighted by atomic mass is 16.6. The molecule has 11 nitrogen and oxygen atoms in total. The zero-order valence-electron chi connectivity index (χ0n) is 13.4. The highest BCUT2D eigenvalue weighted by molar-refractivity contribution is 5.94. The molecule has 0 unspecified atom stereocenters. The summed E-state index contributed by atoms with van der Waals surface area (Å²) >= 11 is 0. The largest absolute Gasteiger partial charge is 0.395 e. The lowest BCUT2D eigenvalue weighted by Gasteiger charge is -2.20. The van der Waals surface area contributed by atoms with E-state index in [1.165, 1.54) is 29.4 Å². The van der Waals surface area contributed by atoms with Crippen LogP contribution < -0.4 is 15.8 Å². The number of likely N-dealkylation sites (N-methyl/N-ethyl adjacent to an activating group) is 1. The fraction of sp³-hybridized carbons (Fsp3) is 0.286. The van der Waals surface area contributed by atoms with Gasteiger partial charge in [0.15, 0.2) is 0 Å². The molecular weight excluding hydrogens is 330 g/mol. The first-order chi connectivity index (χ1) is 12.1. The zero-order valence-corrected chi connectivity index (χ0v) is 13.4. The summed E-state index contributed by atoms with van der Waals surface area (Å²) in [5.41, 5.74) is 4.73. The van der Waals surface area contributed by atoms with Gasteiger partial charge in [0.2, 0.25) is 11.6 Å².